The van der Waals surface area contributed by atoms with Crippen molar-refractivity contribution >= 4 is 17.2 Å². The van der Waals surface area contributed by atoms with Crippen LogP contribution < -0.4 is 4.74 Å². The van der Waals surface area contributed by atoms with Gasteiger partial charge in [-0.1, -0.05) is 18.7 Å². The Morgan fingerprint density at radius 2 is 2.11 bits per heavy atom. The quantitative estimate of drug-likeness (QED) is 0.670. The van der Waals surface area contributed by atoms with E-state index in [9.17, 15) is 13.9 Å². The van der Waals surface area contributed by atoms with Crippen molar-refractivity contribution in [3.63, 3.8) is 0 Å². The third-order valence-electron chi connectivity index (χ3n) is 3.07. The van der Waals surface area contributed by atoms with Crippen molar-refractivity contribution in [3.05, 3.63) is 30.3 Å². The zero-order valence-electron chi connectivity index (χ0n) is 9.93. The van der Waals surface area contributed by atoms with E-state index in [-0.39, 0.29) is 10.6 Å². The van der Waals surface area contributed by atoms with E-state index in [0.29, 0.717) is 18.4 Å². The van der Waals surface area contributed by atoms with E-state index < -0.39 is 16.9 Å². The van der Waals surface area contributed by atoms with Crippen LogP contribution in [0.3, 0.4) is 0 Å². The summed E-state index contributed by atoms with van der Waals surface area (Å²) in [6.07, 6.45) is 4.39. The van der Waals surface area contributed by atoms with Crippen LogP contribution in [-0.4, -0.2) is 19.7 Å². The maximum atomic E-state index is 11.2. The van der Waals surface area contributed by atoms with Gasteiger partial charge in [-0.2, -0.15) is 0 Å². The molecule has 1 saturated carbocycles. The molecule has 98 valence electrons. The molecule has 0 aliphatic heterocycles. The molecule has 0 radical (unpaired) electrons. The summed E-state index contributed by atoms with van der Waals surface area (Å²) in [4.78, 5) is 0.0488. The van der Waals surface area contributed by atoms with Crippen LogP contribution >= 0.6 is 0 Å². The summed E-state index contributed by atoms with van der Waals surface area (Å²) in [6.45, 7) is 3.59. The molecule has 1 unspecified atom stereocenters. The van der Waals surface area contributed by atoms with Gasteiger partial charge < -0.3 is 14.4 Å². The van der Waals surface area contributed by atoms with Gasteiger partial charge in [-0.15, -0.1) is 0 Å². The van der Waals surface area contributed by atoms with Crippen molar-refractivity contribution < 1.29 is 18.6 Å². The standard InChI is InChI=1S/C13H16O4S/c1-2-10-5-6-11(12(9-10)18(15)16)17-13(14)7-3-4-8-13/h2,5-6,9,14H,1,3-4,7-8H2,(H,15,16)/p-1. The fourth-order valence-electron chi connectivity index (χ4n) is 2.10. The molecule has 1 fully saturated rings. The molecule has 1 aliphatic carbocycles. The first-order valence-corrected chi connectivity index (χ1v) is 6.89. The van der Waals surface area contributed by atoms with Crippen molar-refractivity contribution in [2.45, 2.75) is 36.4 Å². The van der Waals surface area contributed by atoms with Gasteiger partial charge >= 0.3 is 0 Å². The second-order valence-corrected chi connectivity index (χ2v) is 5.31. The number of ether oxygens (including phenoxy) is 1. The molecule has 0 spiro atoms. The van der Waals surface area contributed by atoms with Crippen molar-refractivity contribution in [2.75, 3.05) is 0 Å². The Morgan fingerprint density at radius 1 is 1.44 bits per heavy atom. The van der Waals surface area contributed by atoms with Gasteiger partial charge in [-0.3, -0.25) is 4.21 Å². The molecule has 0 saturated heterocycles. The minimum atomic E-state index is -2.40. The molecule has 0 heterocycles. The lowest BCUT2D eigenvalue weighted by atomic mass is 10.2. The molecule has 1 aliphatic rings. The summed E-state index contributed by atoms with van der Waals surface area (Å²) in [5.74, 6) is -1.04. The number of rotatable bonds is 4. The normalized spacial score (nSPS) is 19.4. The summed E-state index contributed by atoms with van der Waals surface area (Å²) >= 11 is -2.40. The fourth-order valence-corrected chi connectivity index (χ4v) is 2.61. The second-order valence-electron chi connectivity index (χ2n) is 4.40. The van der Waals surface area contributed by atoms with Crippen LogP contribution in [0.1, 0.15) is 31.2 Å². The Hall–Kier alpha value is -1.17. The lowest BCUT2D eigenvalue weighted by Crippen LogP contribution is -2.32. The van der Waals surface area contributed by atoms with Crippen molar-refractivity contribution in [1.29, 1.82) is 0 Å². The summed E-state index contributed by atoms with van der Waals surface area (Å²) in [5.41, 5.74) is 0.694. The minimum absolute atomic E-state index is 0.0488. The lowest BCUT2D eigenvalue weighted by molar-refractivity contribution is -0.131. The van der Waals surface area contributed by atoms with Crippen LogP contribution in [0.15, 0.2) is 29.7 Å². The van der Waals surface area contributed by atoms with E-state index in [1.54, 1.807) is 18.2 Å². The highest BCUT2D eigenvalue weighted by Crippen LogP contribution is 2.34. The smallest absolute Gasteiger partial charge is 0.208 e. The molecule has 1 aromatic rings. The highest BCUT2D eigenvalue weighted by molar-refractivity contribution is 7.79. The molecule has 2 rings (SSSR count). The molecule has 0 bridgehead atoms. The van der Waals surface area contributed by atoms with E-state index in [4.69, 9.17) is 4.74 Å². The second kappa shape index (κ2) is 5.22. The number of aliphatic hydroxyl groups is 1. The summed E-state index contributed by atoms with van der Waals surface area (Å²) in [5, 5.41) is 10.1. The van der Waals surface area contributed by atoms with Gasteiger partial charge in [0.05, 0.1) is 4.90 Å². The average Bonchev–Trinajstić information content (AvgIpc) is 2.76. The highest BCUT2D eigenvalue weighted by atomic mass is 32.2. The Morgan fingerprint density at radius 3 is 2.67 bits per heavy atom. The Labute approximate surface area is 109 Å². The molecule has 0 amide bonds. The maximum absolute atomic E-state index is 11.2. The predicted octanol–water partition coefficient (Wildman–Crippen LogP) is 2.21. The molecule has 1 N–H and O–H groups in total. The van der Waals surface area contributed by atoms with Crippen molar-refractivity contribution in [2.24, 2.45) is 0 Å². The highest BCUT2D eigenvalue weighted by Gasteiger charge is 2.33. The van der Waals surface area contributed by atoms with E-state index in [2.05, 4.69) is 6.58 Å². The first-order chi connectivity index (χ1) is 8.54. The van der Waals surface area contributed by atoms with Crippen LogP contribution in [0.4, 0.5) is 0 Å². The molecular weight excluding hydrogens is 252 g/mol. The van der Waals surface area contributed by atoms with Gasteiger partial charge in [-0.25, -0.2) is 0 Å². The van der Waals surface area contributed by atoms with Crippen LogP contribution in [0.2, 0.25) is 0 Å². The first kappa shape index (κ1) is 13.3. The third-order valence-corrected chi connectivity index (χ3v) is 3.75. The van der Waals surface area contributed by atoms with E-state index in [0.717, 1.165) is 12.8 Å². The summed E-state index contributed by atoms with van der Waals surface area (Å²) < 4.78 is 27.8. The van der Waals surface area contributed by atoms with Gasteiger partial charge in [0.2, 0.25) is 5.79 Å². The van der Waals surface area contributed by atoms with Crippen LogP contribution in [-0.2, 0) is 11.1 Å². The maximum Gasteiger partial charge on any atom is 0.208 e. The number of hydrogen-bond donors (Lipinski definition) is 1. The molecule has 18 heavy (non-hydrogen) atoms. The van der Waals surface area contributed by atoms with Crippen molar-refractivity contribution in [3.8, 4) is 5.75 Å². The lowest BCUT2D eigenvalue weighted by Gasteiger charge is -2.26. The van der Waals surface area contributed by atoms with Gasteiger partial charge in [0.25, 0.3) is 0 Å². The molecule has 0 aromatic heterocycles. The molecule has 5 heteroatoms. The molecule has 1 atom stereocenters. The van der Waals surface area contributed by atoms with Gasteiger partial charge in [0.15, 0.2) is 0 Å². The average molecular weight is 267 g/mol. The topological polar surface area (TPSA) is 69.6 Å². The number of benzene rings is 1. The minimum Gasteiger partial charge on any atom is -0.768 e. The van der Waals surface area contributed by atoms with Gasteiger partial charge in [0, 0.05) is 12.8 Å². The SMILES string of the molecule is C=Cc1ccc(OC2(O)CCCC2)c(S(=O)[O-])c1. The van der Waals surface area contributed by atoms with E-state index in [1.165, 1.54) is 6.07 Å². The summed E-state index contributed by atoms with van der Waals surface area (Å²) in [6, 6.07) is 4.74. The van der Waals surface area contributed by atoms with E-state index >= 15 is 0 Å². The summed E-state index contributed by atoms with van der Waals surface area (Å²) in [7, 11) is 0. The van der Waals surface area contributed by atoms with Crippen LogP contribution in [0, 0.1) is 0 Å². The van der Waals surface area contributed by atoms with E-state index in [1.807, 2.05) is 0 Å². The number of hydrogen-bond acceptors (Lipinski definition) is 4. The molecule has 4 nitrogen and oxygen atoms in total. The first-order valence-electron chi connectivity index (χ1n) is 5.81. The molecular formula is C13H15O4S-. The van der Waals surface area contributed by atoms with Gasteiger partial charge in [0.1, 0.15) is 5.75 Å². The van der Waals surface area contributed by atoms with Crippen LogP contribution in [0.25, 0.3) is 6.08 Å². The Kier molecular flexibility index (Phi) is 3.85. The Balaban J connectivity index is 2.31. The third kappa shape index (κ3) is 2.80. The van der Waals surface area contributed by atoms with Crippen molar-refractivity contribution in [1.82, 2.24) is 0 Å². The largest absolute Gasteiger partial charge is 0.768 e. The van der Waals surface area contributed by atoms with Gasteiger partial charge in [-0.05, 0) is 41.6 Å². The molecule has 1 aromatic carbocycles. The predicted molar refractivity (Wildman–Crippen MR) is 67.8 cm³/mol. The Bertz CT molecular complexity index is 478. The fraction of sp³-hybridized carbons (Fsp3) is 0.385. The zero-order chi connectivity index (χ0) is 13.2. The van der Waals surface area contributed by atoms with Crippen LogP contribution in [0.5, 0.6) is 5.75 Å². The monoisotopic (exact) mass is 267 g/mol. The zero-order valence-corrected chi connectivity index (χ0v) is 10.7.